The van der Waals surface area contributed by atoms with Crippen molar-refractivity contribution in [3.8, 4) is 0 Å². The van der Waals surface area contributed by atoms with Crippen molar-refractivity contribution in [2.24, 2.45) is 10.8 Å². The molecule has 0 aromatic heterocycles. The molecule has 1 aliphatic heterocycles. The van der Waals surface area contributed by atoms with Crippen LogP contribution in [0.1, 0.15) is 85.5 Å². The zero-order chi connectivity index (χ0) is 15.1. The van der Waals surface area contributed by atoms with Gasteiger partial charge in [0.15, 0.2) is 0 Å². The van der Waals surface area contributed by atoms with Gasteiger partial charge in [0.2, 0.25) is 0 Å². The third kappa shape index (κ3) is 3.82. The van der Waals surface area contributed by atoms with Crippen LogP contribution in [0.25, 0.3) is 0 Å². The van der Waals surface area contributed by atoms with Gasteiger partial charge >= 0.3 is 0 Å². The molecule has 0 bridgehead atoms. The zero-order valence-corrected chi connectivity index (χ0v) is 14.6. The summed E-state index contributed by atoms with van der Waals surface area (Å²) in [5, 5.41) is 3.86. The minimum absolute atomic E-state index is 0.289. The lowest BCUT2D eigenvalue weighted by Crippen LogP contribution is -2.46. The van der Waals surface area contributed by atoms with Gasteiger partial charge in [-0.3, -0.25) is 0 Å². The number of hydrogen-bond acceptors (Lipinski definition) is 2. The first-order chi connectivity index (χ1) is 9.78. The predicted molar refractivity (Wildman–Crippen MR) is 88.5 cm³/mol. The van der Waals surface area contributed by atoms with Crippen LogP contribution in [0.2, 0.25) is 0 Å². The Morgan fingerprint density at radius 1 is 0.952 bits per heavy atom. The van der Waals surface area contributed by atoms with Crippen molar-refractivity contribution in [1.29, 1.82) is 0 Å². The van der Waals surface area contributed by atoms with Crippen LogP contribution in [0.3, 0.4) is 0 Å². The van der Waals surface area contributed by atoms with Crippen LogP contribution in [-0.2, 0) is 4.74 Å². The quantitative estimate of drug-likeness (QED) is 0.816. The molecule has 0 aromatic rings. The van der Waals surface area contributed by atoms with Crippen LogP contribution >= 0.6 is 0 Å². The van der Waals surface area contributed by atoms with Gasteiger partial charge in [0.1, 0.15) is 0 Å². The second kappa shape index (κ2) is 5.53. The van der Waals surface area contributed by atoms with Crippen LogP contribution in [0.15, 0.2) is 0 Å². The van der Waals surface area contributed by atoms with Crippen LogP contribution in [0.5, 0.6) is 0 Å². The van der Waals surface area contributed by atoms with Gasteiger partial charge in [-0.05, 0) is 55.8 Å². The molecule has 1 heterocycles. The summed E-state index contributed by atoms with van der Waals surface area (Å²) < 4.78 is 6.44. The van der Waals surface area contributed by atoms with Gasteiger partial charge in [0.05, 0.1) is 11.7 Å². The highest BCUT2D eigenvalue weighted by atomic mass is 16.5. The number of nitrogens with one attached hydrogen (secondary N) is 1. The molecule has 1 spiro atoms. The summed E-state index contributed by atoms with van der Waals surface area (Å²) in [6, 6.07) is 0.674. The summed E-state index contributed by atoms with van der Waals surface area (Å²) in [5.41, 5.74) is 1.24. The molecule has 3 fully saturated rings. The summed E-state index contributed by atoms with van der Waals surface area (Å²) in [4.78, 5) is 0. The topological polar surface area (TPSA) is 21.3 Å². The van der Waals surface area contributed by atoms with E-state index in [1.165, 1.54) is 57.8 Å². The van der Waals surface area contributed by atoms with Crippen molar-refractivity contribution in [3.05, 3.63) is 0 Å². The van der Waals surface area contributed by atoms with Gasteiger partial charge in [-0.2, -0.15) is 0 Å². The van der Waals surface area contributed by atoms with E-state index in [4.69, 9.17) is 4.74 Å². The molecule has 0 radical (unpaired) electrons. The highest BCUT2D eigenvalue weighted by Crippen LogP contribution is 2.46. The van der Waals surface area contributed by atoms with E-state index in [1.807, 2.05) is 0 Å². The van der Waals surface area contributed by atoms with E-state index in [0.29, 0.717) is 23.0 Å². The van der Waals surface area contributed by atoms with Crippen LogP contribution < -0.4 is 5.32 Å². The van der Waals surface area contributed by atoms with E-state index in [9.17, 15) is 0 Å². The molecule has 122 valence electrons. The summed E-state index contributed by atoms with van der Waals surface area (Å²) in [7, 11) is 0. The fraction of sp³-hybridized carbons (Fsp3) is 1.00. The molecule has 2 saturated carbocycles. The van der Waals surface area contributed by atoms with Crippen LogP contribution in [-0.4, -0.2) is 24.3 Å². The van der Waals surface area contributed by atoms with Gasteiger partial charge in [-0.25, -0.2) is 0 Å². The minimum atomic E-state index is 0.289. The second-order valence-corrected chi connectivity index (χ2v) is 9.69. The Labute approximate surface area is 131 Å². The van der Waals surface area contributed by atoms with Crippen molar-refractivity contribution in [2.45, 2.75) is 103 Å². The smallest absolute Gasteiger partial charge is 0.0708 e. The van der Waals surface area contributed by atoms with Gasteiger partial charge in [-0.15, -0.1) is 0 Å². The fourth-order valence-electron chi connectivity index (χ4n) is 5.71. The van der Waals surface area contributed by atoms with Gasteiger partial charge in [-0.1, -0.05) is 40.5 Å². The van der Waals surface area contributed by atoms with Crippen molar-refractivity contribution >= 4 is 0 Å². The minimum Gasteiger partial charge on any atom is -0.370 e. The molecule has 0 aromatic carbocycles. The fourth-order valence-corrected chi connectivity index (χ4v) is 5.71. The zero-order valence-electron chi connectivity index (χ0n) is 14.6. The Kier molecular flexibility index (Phi) is 4.16. The SMILES string of the molecule is CC1(C)CC(NCC2CCC3(CCCC3)O2)CC(C)(C)C1. The number of rotatable bonds is 3. The lowest BCUT2D eigenvalue weighted by Gasteiger charge is -2.45. The molecular formula is C19H35NO. The number of hydrogen-bond donors (Lipinski definition) is 1. The lowest BCUT2D eigenvalue weighted by atomic mass is 9.63. The highest BCUT2D eigenvalue weighted by molar-refractivity contribution is 4.95. The molecule has 1 unspecified atom stereocenters. The third-order valence-electron chi connectivity index (χ3n) is 6.04. The number of ether oxygens (including phenoxy) is 1. The molecule has 0 amide bonds. The average Bonchev–Trinajstić information content (AvgIpc) is 2.94. The first-order valence-electron chi connectivity index (χ1n) is 9.19. The lowest BCUT2D eigenvalue weighted by molar-refractivity contribution is -0.0379. The molecule has 3 rings (SSSR count). The Morgan fingerprint density at radius 2 is 1.57 bits per heavy atom. The average molecular weight is 293 g/mol. The van der Waals surface area contributed by atoms with Crippen molar-refractivity contribution in [2.75, 3.05) is 6.54 Å². The predicted octanol–water partition coefficient (Wildman–Crippen LogP) is 4.67. The summed E-state index contributed by atoms with van der Waals surface area (Å²) in [6.07, 6.45) is 12.4. The van der Waals surface area contributed by atoms with E-state index in [2.05, 4.69) is 33.0 Å². The van der Waals surface area contributed by atoms with Crippen molar-refractivity contribution < 1.29 is 4.74 Å². The van der Waals surface area contributed by atoms with Crippen molar-refractivity contribution in [1.82, 2.24) is 5.32 Å². The first kappa shape index (κ1) is 15.8. The monoisotopic (exact) mass is 293 g/mol. The molecule has 2 aliphatic carbocycles. The second-order valence-electron chi connectivity index (χ2n) is 9.69. The Balaban J connectivity index is 1.49. The molecular weight excluding hydrogens is 258 g/mol. The van der Waals surface area contributed by atoms with Crippen LogP contribution in [0, 0.1) is 10.8 Å². The maximum Gasteiger partial charge on any atom is 0.0708 e. The van der Waals surface area contributed by atoms with E-state index >= 15 is 0 Å². The Bertz CT molecular complexity index is 352. The van der Waals surface area contributed by atoms with E-state index in [1.54, 1.807) is 0 Å². The Hall–Kier alpha value is -0.0800. The third-order valence-corrected chi connectivity index (χ3v) is 6.04. The summed E-state index contributed by atoms with van der Waals surface area (Å²) in [5.74, 6) is 0. The molecule has 3 aliphatic rings. The molecule has 2 nitrogen and oxygen atoms in total. The first-order valence-corrected chi connectivity index (χ1v) is 9.19. The van der Waals surface area contributed by atoms with E-state index < -0.39 is 0 Å². The van der Waals surface area contributed by atoms with Gasteiger partial charge in [0.25, 0.3) is 0 Å². The van der Waals surface area contributed by atoms with Crippen LogP contribution in [0.4, 0.5) is 0 Å². The van der Waals surface area contributed by atoms with E-state index in [0.717, 1.165) is 6.54 Å². The summed E-state index contributed by atoms with van der Waals surface area (Å²) >= 11 is 0. The molecule has 1 atom stereocenters. The van der Waals surface area contributed by atoms with Gasteiger partial charge < -0.3 is 10.1 Å². The summed E-state index contributed by atoms with van der Waals surface area (Å²) in [6.45, 7) is 10.8. The molecule has 1 N–H and O–H groups in total. The molecule has 1 saturated heterocycles. The standard InChI is InChI=1S/C19H35NO/c1-17(2)11-15(12-18(3,4)14-17)20-13-16-7-10-19(21-16)8-5-6-9-19/h15-16,20H,5-14H2,1-4H3. The van der Waals surface area contributed by atoms with Gasteiger partial charge in [0, 0.05) is 12.6 Å². The Morgan fingerprint density at radius 3 is 2.19 bits per heavy atom. The normalized spacial score (nSPS) is 34.6. The molecule has 2 heteroatoms. The molecule has 21 heavy (non-hydrogen) atoms. The van der Waals surface area contributed by atoms with Crippen molar-refractivity contribution in [3.63, 3.8) is 0 Å². The maximum atomic E-state index is 6.44. The largest absolute Gasteiger partial charge is 0.370 e. The van der Waals surface area contributed by atoms with E-state index in [-0.39, 0.29) is 5.60 Å². The maximum absolute atomic E-state index is 6.44. The highest BCUT2D eigenvalue weighted by Gasteiger charge is 2.43.